The van der Waals surface area contributed by atoms with E-state index in [1.807, 2.05) is 6.07 Å². The predicted molar refractivity (Wildman–Crippen MR) is 55.0 cm³/mol. The van der Waals surface area contributed by atoms with E-state index in [2.05, 4.69) is 21.2 Å². The Balaban J connectivity index is 2.69. The largest absolute Gasteiger partial charge is 0.479 e. The average molecular weight is 265 g/mol. The molecule has 3 nitrogen and oxygen atoms in total. The summed E-state index contributed by atoms with van der Waals surface area (Å²) in [5, 5.41) is 11.1. The number of carboxylic acid groups (broad SMARTS) is 1. The number of carboxylic acids is 1. The molecule has 5 heteroatoms. The predicted octanol–water partition coefficient (Wildman–Crippen LogP) is 2.51. The maximum absolute atomic E-state index is 10.4. The van der Waals surface area contributed by atoms with Crippen molar-refractivity contribution >= 4 is 39.2 Å². The van der Waals surface area contributed by atoms with Crippen LogP contribution in [0.2, 0.25) is 0 Å². The second-order valence-electron chi connectivity index (χ2n) is 2.36. The van der Waals surface area contributed by atoms with Gasteiger partial charge in [-0.1, -0.05) is 33.6 Å². The summed E-state index contributed by atoms with van der Waals surface area (Å²) < 4.78 is 0.867. The highest BCUT2D eigenvalue weighted by Gasteiger charge is 2.12. The third kappa shape index (κ3) is 3.24. The molecule has 0 bridgehead atoms. The lowest BCUT2D eigenvalue weighted by atomic mass is 10.3. The van der Waals surface area contributed by atoms with Crippen molar-refractivity contribution < 1.29 is 9.90 Å². The minimum atomic E-state index is -1.10. The van der Waals surface area contributed by atoms with Gasteiger partial charge in [-0.05, 0) is 18.2 Å². The highest BCUT2D eigenvalue weighted by molar-refractivity contribution is 9.10. The van der Waals surface area contributed by atoms with Crippen LogP contribution in [0.15, 0.2) is 28.7 Å². The highest BCUT2D eigenvalue weighted by Crippen LogP contribution is 2.17. The second kappa shape index (κ2) is 4.48. The highest BCUT2D eigenvalue weighted by atomic mass is 79.9. The topological polar surface area (TPSA) is 49.3 Å². The van der Waals surface area contributed by atoms with Gasteiger partial charge in [-0.15, -0.1) is 0 Å². The van der Waals surface area contributed by atoms with E-state index in [9.17, 15) is 4.79 Å². The van der Waals surface area contributed by atoms with Gasteiger partial charge in [0.1, 0.15) is 0 Å². The van der Waals surface area contributed by atoms with Gasteiger partial charge in [0.05, 0.1) is 0 Å². The monoisotopic (exact) mass is 263 g/mol. The van der Waals surface area contributed by atoms with E-state index in [1.54, 1.807) is 18.2 Å². The first-order valence-corrected chi connectivity index (χ1v) is 4.71. The van der Waals surface area contributed by atoms with Crippen LogP contribution in [-0.4, -0.2) is 16.6 Å². The summed E-state index contributed by atoms with van der Waals surface area (Å²) in [7, 11) is 0. The van der Waals surface area contributed by atoms with Crippen LogP contribution < -0.4 is 5.32 Å². The van der Waals surface area contributed by atoms with Crippen LogP contribution in [0.1, 0.15) is 0 Å². The normalized spacial score (nSPS) is 12.2. The Labute approximate surface area is 88.8 Å². The van der Waals surface area contributed by atoms with Crippen LogP contribution in [-0.2, 0) is 4.79 Å². The van der Waals surface area contributed by atoms with E-state index in [0.717, 1.165) is 4.47 Å². The summed E-state index contributed by atoms with van der Waals surface area (Å²) in [5.74, 6) is -1.10. The van der Waals surface area contributed by atoms with E-state index in [4.69, 9.17) is 16.7 Å². The Morgan fingerprint density at radius 2 is 2.31 bits per heavy atom. The zero-order valence-corrected chi connectivity index (χ0v) is 8.84. The Morgan fingerprint density at radius 1 is 1.62 bits per heavy atom. The molecule has 0 saturated carbocycles. The summed E-state index contributed by atoms with van der Waals surface area (Å²) in [6.45, 7) is 0. The molecule has 2 N–H and O–H groups in total. The molecule has 1 unspecified atom stereocenters. The van der Waals surface area contributed by atoms with Crippen molar-refractivity contribution in [1.82, 2.24) is 0 Å². The van der Waals surface area contributed by atoms with Crippen LogP contribution in [0.3, 0.4) is 0 Å². The molecule has 0 heterocycles. The van der Waals surface area contributed by atoms with Crippen LogP contribution in [0, 0.1) is 0 Å². The molecule has 70 valence electrons. The SMILES string of the molecule is O=C(O)C(Cl)Nc1cccc(Br)c1. The average Bonchev–Trinajstić information content (AvgIpc) is 2.04. The quantitative estimate of drug-likeness (QED) is 0.651. The maximum Gasteiger partial charge on any atom is 0.341 e. The second-order valence-corrected chi connectivity index (χ2v) is 3.71. The summed E-state index contributed by atoms with van der Waals surface area (Å²) >= 11 is 8.74. The molecule has 0 amide bonds. The molecule has 0 aliphatic heterocycles. The van der Waals surface area contributed by atoms with E-state index >= 15 is 0 Å². The van der Waals surface area contributed by atoms with Crippen LogP contribution in [0.25, 0.3) is 0 Å². The molecule has 13 heavy (non-hydrogen) atoms. The van der Waals surface area contributed by atoms with Crippen molar-refractivity contribution in [3.05, 3.63) is 28.7 Å². The molecule has 0 spiro atoms. The van der Waals surface area contributed by atoms with Crippen molar-refractivity contribution in [3.63, 3.8) is 0 Å². The molecule has 0 aromatic heterocycles. The maximum atomic E-state index is 10.4. The molecular formula is C8H7BrClNO2. The first kappa shape index (κ1) is 10.3. The molecule has 1 aromatic carbocycles. The Kier molecular flexibility index (Phi) is 3.57. The summed E-state index contributed by atoms with van der Waals surface area (Å²) in [4.78, 5) is 10.4. The molecule has 0 aliphatic rings. The molecule has 1 rings (SSSR count). The standard InChI is InChI=1S/C8H7BrClNO2/c9-5-2-1-3-6(4-5)11-7(10)8(12)13/h1-4,7,11H,(H,12,13). The lowest BCUT2D eigenvalue weighted by Crippen LogP contribution is -2.22. The van der Waals surface area contributed by atoms with Gasteiger partial charge >= 0.3 is 5.97 Å². The van der Waals surface area contributed by atoms with Crippen LogP contribution in [0.4, 0.5) is 5.69 Å². The first-order chi connectivity index (χ1) is 6.09. The van der Waals surface area contributed by atoms with Gasteiger partial charge in [-0.25, -0.2) is 4.79 Å². The number of benzene rings is 1. The smallest absolute Gasteiger partial charge is 0.341 e. The Morgan fingerprint density at radius 3 is 2.85 bits per heavy atom. The minimum absolute atomic E-state index is 0.664. The number of nitrogens with one attached hydrogen (secondary N) is 1. The Bertz CT molecular complexity index is 319. The van der Waals surface area contributed by atoms with E-state index < -0.39 is 11.5 Å². The fourth-order valence-corrected chi connectivity index (χ4v) is 1.31. The van der Waals surface area contributed by atoms with Crippen molar-refractivity contribution in [2.24, 2.45) is 0 Å². The van der Waals surface area contributed by atoms with E-state index in [1.165, 1.54) is 0 Å². The first-order valence-electron chi connectivity index (χ1n) is 3.48. The zero-order chi connectivity index (χ0) is 9.84. The number of aliphatic carboxylic acids is 1. The van der Waals surface area contributed by atoms with Crippen molar-refractivity contribution in [3.8, 4) is 0 Å². The van der Waals surface area contributed by atoms with Gasteiger partial charge in [0.2, 0.25) is 0 Å². The lowest BCUT2D eigenvalue weighted by molar-refractivity contribution is -0.136. The fourth-order valence-electron chi connectivity index (χ4n) is 0.786. The van der Waals surface area contributed by atoms with Gasteiger partial charge in [-0.3, -0.25) is 0 Å². The molecule has 1 atom stereocenters. The number of carbonyl (C=O) groups is 1. The van der Waals surface area contributed by atoms with Gasteiger partial charge < -0.3 is 10.4 Å². The van der Waals surface area contributed by atoms with Crippen LogP contribution >= 0.6 is 27.5 Å². The zero-order valence-electron chi connectivity index (χ0n) is 6.50. The number of rotatable bonds is 3. The number of anilines is 1. The fraction of sp³-hybridized carbons (Fsp3) is 0.125. The van der Waals surface area contributed by atoms with Crippen molar-refractivity contribution in [2.45, 2.75) is 5.50 Å². The van der Waals surface area contributed by atoms with Gasteiger partial charge in [0, 0.05) is 10.2 Å². The van der Waals surface area contributed by atoms with Gasteiger partial charge in [0.25, 0.3) is 0 Å². The lowest BCUT2D eigenvalue weighted by Gasteiger charge is -2.08. The van der Waals surface area contributed by atoms with Gasteiger partial charge in [0.15, 0.2) is 5.50 Å². The summed E-state index contributed by atoms with van der Waals surface area (Å²) in [5.41, 5.74) is -0.439. The minimum Gasteiger partial charge on any atom is -0.479 e. The number of halogens is 2. The molecule has 0 fully saturated rings. The molecule has 0 aliphatic carbocycles. The van der Waals surface area contributed by atoms with Crippen molar-refractivity contribution in [1.29, 1.82) is 0 Å². The van der Waals surface area contributed by atoms with E-state index in [-0.39, 0.29) is 0 Å². The molecule has 1 aromatic rings. The number of hydrogen-bond acceptors (Lipinski definition) is 2. The van der Waals surface area contributed by atoms with Crippen molar-refractivity contribution in [2.75, 3.05) is 5.32 Å². The molecule has 0 radical (unpaired) electrons. The third-order valence-electron chi connectivity index (χ3n) is 1.33. The third-order valence-corrected chi connectivity index (χ3v) is 2.12. The van der Waals surface area contributed by atoms with Crippen LogP contribution in [0.5, 0.6) is 0 Å². The molecular weight excluding hydrogens is 257 g/mol. The number of alkyl halides is 1. The van der Waals surface area contributed by atoms with E-state index in [0.29, 0.717) is 5.69 Å². The summed E-state index contributed by atoms with van der Waals surface area (Å²) in [6.07, 6.45) is 0. The summed E-state index contributed by atoms with van der Waals surface area (Å²) in [6, 6.07) is 7.12. The van der Waals surface area contributed by atoms with Gasteiger partial charge in [-0.2, -0.15) is 0 Å². The Hall–Kier alpha value is -0.740. The number of hydrogen-bond donors (Lipinski definition) is 2. The molecule has 0 saturated heterocycles.